The summed E-state index contributed by atoms with van der Waals surface area (Å²) >= 11 is 0. The van der Waals surface area contributed by atoms with Gasteiger partial charge in [0.15, 0.2) is 5.96 Å². The van der Waals surface area contributed by atoms with Crippen molar-refractivity contribution in [2.75, 3.05) is 44.7 Å². The van der Waals surface area contributed by atoms with Crippen LogP contribution in [0.2, 0.25) is 0 Å². The summed E-state index contributed by atoms with van der Waals surface area (Å²) in [6, 6.07) is 4.30. The topological polar surface area (TPSA) is 55.8 Å². The second kappa shape index (κ2) is 10.1. The van der Waals surface area contributed by atoms with E-state index in [9.17, 15) is 0 Å². The molecule has 0 saturated carbocycles. The van der Waals surface area contributed by atoms with E-state index >= 15 is 0 Å². The van der Waals surface area contributed by atoms with E-state index in [1.165, 1.54) is 57.2 Å². The van der Waals surface area contributed by atoms with Crippen molar-refractivity contribution >= 4 is 11.8 Å². The zero-order chi connectivity index (χ0) is 19.8. The van der Waals surface area contributed by atoms with Gasteiger partial charge in [0, 0.05) is 45.0 Å². The molecule has 6 heteroatoms. The van der Waals surface area contributed by atoms with E-state index in [0.717, 1.165) is 38.0 Å². The third-order valence-electron chi connectivity index (χ3n) is 6.07. The summed E-state index contributed by atoms with van der Waals surface area (Å²) in [5, 5.41) is 6.99. The van der Waals surface area contributed by atoms with Gasteiger partial charge in [0.05, 0.1) is 0 Å². The lowest BCUT2D eigenvalue weighted by Crippen LogP contribution is -2.54. The summed E-state index contributed by atoms with van der Waals surface area (Å²) in [7, 11) is 1.84. The normalized spacial score (nSPS) is 19.5. The van der Waals surface area contributed by atoms with E-state index in [1.54, 1.807) is 0 Å². The Labute approximate surface area is 170 Å². The molecule has 0 aromatic carbocycles. The van der Waals surface area contributed by atoms with Gasteiger partial charge < -0.3 is 15.5 Å². The maximum absolute atomic E-state index is 4.58. The van der Waals surface area contributed by atoms with Gasteiger partial charge in [-0.15, -0.1) is 0 Å². The molecule has 1 aromatic heterocycles. The molecule has 28 heavy (non-hydrogen) atoms. The number of nitrogens with zero attached hydrogens (tertiary/aromatic N) is 4. The van der Waals surface area contributed by atoms with E-state index < -0.39 is 0 Å². The molecular weight excluding hydrogens is 348 g/mol. The molecule has 0 bridgehead atoms. The van der Waals surface area contributed by atoms with Crippen LogP contribution in [0.4, 0.5) is 5.82 Å². The van der Waals surface area contributed by atoms with Crippen molar-refractivity contribution in [3.8, 4) is 0 Å². The van der Waals surface area contributed by atoms with Crippen LogP contribution in [-0.4, -0.2) is 61.2 Å². The van der Waals surface area contributed by atoms with E-state index in [0.29, 0.717) is 0 Å². The summed E-state index contributed by atoms with van der Waals surface area (Å²) in [5.74, 6) is 1.97. The summed E-state index contributed by atoms with van der Waals surface area (Å²) in [6.07, 6.45) is 9.81. The molecule has 3 rings (SSSR count). The second-order valence-corrected chi connectivity index (χ2v) is 8.71. The summed E-state index contributed by atoms with van der Waals surface area (Å²) in [6.45, 7) is 11.0. The highest BCUT2D eigenvalue weighted by atomic mass is 15.2. The number of anilines is 1. The Balaban J connectivity index is 1.50. The molecule has 2 fully saturated rings. The standard InChI is InChI=1S/C22H38N6/c1-22(2,28-14-8-5-9-15-28)18-26-21(23-3)25-17-19-10-11-24-20(16-19)27-12-6-4-7-13-27/h10-11,16H,4-9,12-15,17-18H2,1-3H3,(H2,23,25,26). The predicted molar refractivity (Wildman–Crippen MR) is 118 cm³/mol. The number of piperidine rings is 2. The minimum atomic E-state index is 0.135. The minimum absolute atomic E-state index is 0.135. The van der Waals surface area contributed by atoms with Crippen LogP contribution in [0.3, 0.4) is 0 Å². The fourth-order valence-electron chi connectivity index (χ4n) is 4.18. The molecule has 2 aliphatic rings. The van der Waals surface area contributed by atoms with Gasteiger partial charge in [-0.25, -0.2) is 4.98 Å². The summed E-state index contributed by atoms with van der Waals surface area (Å²) < 4.78 is 0. The SMILES string of the molecule is CN=C(NCc1ccnc(N2CCCCC2)c1)NCC(C)(C)N1CCCCC1. The first kappa shape index (κ1) is 20.9. The van der Waals surface area contributed by atoms with Crippen molar-refractivity contribution in [1.29, 1.82) is 0 Å². The van der Waals surface area contributed by atoms with Crippen molar-refractivity contribution in [2.24, 2.45) is 4.99 Å². The number of pyridine rings is 1. The fourth-order valence-corrected chi connectivity index (χ4v) is 4.18. The Morgan fingerprint density at radius 2 is 1.71 bits per heavy atom. The van der Waals surface area contributed by atoms with Gasteiger partial charge in [-0.3, -0.25) is 9.89 Å². The highest BCUT2D eigenvalue weighted by Gasteiger charge is 2.27. The maximum atomic E-state index is 4.58. The minimum Gasteiger partial charge on any atom is -0.357 e. The molecule has 0 radical (unpaired) electrons. The second-order valence-electron chi connectivity index (χ2n) is 8.71. The van der Waals surface area contributed by atoms with Gasteiger partial charge in [-0.1, -0.05) is 6.42 Å². The smallest absolute Gasteiger partial charge is 0.191 e. The number of hydrogen-bond donors (Lipinski definition) is 2. The third kappa shape index (κ3) is 5.84. The largest absolute Gasteiger partial charge is 0.357 e. The number of guanidine groups is 1. The molecule has 156 valence electrons. The first-order chi connectivity index (χ1) is 13.6. The molecule has 0 aliphatic carbocycles. The highest BCUT2D eigenvalue weighted by Crippen LogP contribution is 2.20. The zero-order valence-corrected chi connectivity index (χ0v) is 18.0. The fraction of sp³-hybridized carbons (Fsp3) is 0.727. The average molecular weight is 387 g/mol. The Hall–Kier alpha value is -1.82. The van der Waals surface area contributed by atoms with Crippen molar-refractivity contribution < 1.29 is 0 Å². The van der Waals surface area contributed by atoms with Gasteiger partial charge in [0.25, 0.3) is 0 Å². The van der Waals surface area contributed by atoms with Gasteiger partial charge in [0.2, 0.25) is 0 Å². The molecule has 2 N–H and O–H groups in total. The highest BCUT2D eigenvalue weighted by molar-refractivity contribution is 5.79. The van der Waals surface area contributed by atoms with Gasteiger partial charge in [0.1, 0.15) is 5.82 Å². The van der Waals surface area contributed by atoms with Crippen LogP contribution in [0.5, 0.6) is 0 Å². The lowest BCUT2D eigenvalue weighted by atomic mass is 9.98. The van der Waals surface area contributed by atoms with Crippen LogP contribution in [0.25, 0.3) is 0 Å². The van der Waals surface area contributed by atoms with E-state index in [-0.39, 0.29) is 5.54 Å². The molecule has 2 aliphatic heterocycles. The van der Waals surface area contributed by atoms with Crippen LogP contribution in [-0.2, 0) is 6.54 Å². The van der Waals surface area contributed by atoms with Crippen molar-refractivity contribution in [3.63, 3.8) is 0 Å². The molecule has 2 saturated heterocycles. The number of hydrogen-bond acceptors (Lipinski definition) is 4. The number of rotatable bonds is 6. The molecule has 0 atom stereocenters. The average Bonchev–Trinajstić information content (AvgIpc) is 2.75. The van der Waals surface area contributed by atoms with Crippen LogP contribution < -0.4 is 15.5 Å². The van der Waals surface area contributed by atoms with E-state index in [1.807, 2.05) is 13.2 Å². The van der Waals surface area contributed by atoms with E-state index in [4.69, 9.17) is 0 Å². The number of likely N-dealkylation sites (tertiary alicyclic amines) is 1. The first-order valence-corrected chi connectivity index (χ1v) is 11.0. The van der Waals surface area contributed by atoms with Crippen LogP contribution in [0.1, 0.15) is 57.9 Å². The Morgan fingerprint density at radius 1 is 1.04 bits per heavy atom. The number of aliphatic imine (C=N–C) groups is 1. The Bertz CT molecular complexity index is 630. The van der Waals surface area contributed by atoms with Crippen LogP contribution in [0, 0.1) is 0 Å². The third-order valence-corrected chi connectivity index (χ3v) is 6.07. The molecule has 6 nitrogen and oxygen atoms in total. The zero-order valence-electron chi connectivity index (χ0n) is 18.0. The lowest BCUT2D eigenvalue weighted by molar-refractivity contribution is 0.0982. The molecule has 0 spiro atoms. The van der Waals surface area contributed by atoms with Gasteiger partial charge in [-0.05, 0) is 76.7 Å². The maximum Gasteiger partial charge on any atom is 0.191 e. The Kier molecular flexibility index (Phi) is 7.54. The molecule has 1 aromatic rings. The van der Waals surface area contributed by atoms with Crippen LogP contribution in [0.15, 0.2) is 23.3 Å². The van der Waals surface area contributed by atoms with Crippen molar-refractivity contribution in [1.82, 2.24) is 20.5 Å². The molecular formula is C22H38N6. The molecule has 3 heterocycles. The van der Waals surface area contributed by atoms with Crippen LogP contribution >= 0.6 is 0 Å². The Morgan fingerprint density at radius 3 is 2.39 bits per heavy atom. The predicted octanol–water partition coefficient (Wildman–Crippen LogP) is 3.00. The quantitative estimate of drug-likeness (QED) is 0.581. The summed E-state index contributed by atoms with van der Waals surface area (Å²) in [5.41, 5.74) is 1.38. The number of aromatic nitrogens is 1. The van der Waals surface area contributed by atoms with Crippen molar-refractivity contribution in [2.45, 2.75) is 64.5 Å². The molecule has 0 amide bonds. The monoisotopic (exact) mass is 386 g/mol. The van der Waals surface area contributed by atoms with Crippen molar-refractivity contribution in [3.05, 3.63) is 23.9 Å². The summed E-state index contributed by atoms with van der Waals surface area (Å²) in [4.78, 5) is 14.0. The lowest BCUT2D eigenvalue weighted by Gasteiger charge is -2.41. The van der Waals surface area contributed by atoms with E-state index in [2.05, 4.69) is 56.4 Å². The van der Waals surface area contributed by atoms with Gasteiger partial charge >= 0.3 is 0 Å². The van der Waals surface area contributed by atoms with Gasteiger partial charge in [-0.2, -0.15) is 0 Å². The first-order valence-electron chi connectivity index (χ1n) is 11.0. The number of nitrogens with one attached hydrogen (secondary N) is 2. The molecule has 0 unspecified atom stereocenters.